The Labute approximate surface area is 186 Å². The molecule has 1 amide bonds. The number of carbonyl (C=O) groups excluding carboxylic acids is 1. The first kappa shape index (κ1) is 20.8. The van der Waals surface area contributed by atoms with E-state index in [0.29, 0.717) is 0 Å². The van der Waals surface area contributed by atoms with Crippen LogP contribution in [0.5, 0.6) is 0 Å². The highest BCUT2D eigenvalue weighted by molar-refractivity contribution is 6.97. The van der Waals surface area contributed by atoms with E-state index in [1.54, 1.807) is 0 Å². The highest BCUT2D eigenvalue weighted by Gasteiger charge is 2.27. The van der Waals surface area contributed by atoms with Crippen molar-refractivity contribution >= 4 is 44.2 Å². The Morgan fingerprint density at radius 2 is 0.871 bits per heavy atom. The summed E-state index contributed by atoms with van der Waals surface area (Å²) in [6.07, 6.45) is 0. The number of amides is 1. The molecular weight excluding hydrogens is 410 g/mol. The Morgan fingerprint density at radius 3 is 1.19 bits per heavy atom. The highest BCUT2D eigenvalue weighted by atomic mass is 28.3. The monoisotopic (exact) mass is 435 g/mol. The van der Waals surface area contributed by atoms with Gasteiger partial charge in [-0.1, -0.05) is 148 Å². The number of benzene rings is 4. The van der Waals surface area contributed by atoms with Crippen LogP contribution >= 0.6 is 0 Å². The number of carbonyl (C=O) groups is 1. The lowest BCUT2D eigenvalue weighted by molar-refractivity contribution is -0.114. The molecular formula is C27H25NOSi2. The lowest BCUT2D eigenvalue weighted by Crippen LogP contribution is -2.50. The summed E-state index contributed by atoms with van der Waals surface area (Å²) < 4.78 is 0. The van der Waals surface area contributed by atoms with Gasteiger partial charge >= 0.3 is 0 Å². The number of hydrogen-bond acceptors (Lipinski definition) is 1. The zero-order valence-corrected chi connectivity index (χ0v) is 19.6. The average molecular weight is 436 g/mol. The molecule has 0 saturated heterocycles. The molecule has 0 saturated carbocycles. The zero-order chi connectivity index (χ0) is 21.5. The van der Waals surface area contributed by atoms with Crippen molar-refractivity contribution in [1.29, 1.82) is 0 Å². The van der Waals surface area contributed by atoms with Gasteiger partial charge in [0.15, 0.2) is 0 Å². The maximum absolute atomic E-state index is 12.9. The largest absolute Gasteiger partial charge is 0.366 e. The van der Waals surface area contributed by atoms with Gasteiger partial charge in [-0.3, -0.25) is 4.79 Å². The maximum Gasteiger partial charge on any atom is 0.240 e. The molecule has 2 nitrogen and oxygen atoms in total. The summed E-state index contributed by atoms with van der Waals surface area (Å²) in [5.74, 6) is -0.311. The number of hydrogen-bond donors (Lipinski definition) is 1. The first-order chi connectivity index (χ1) is 15.2. The molecule has 0 aromatic heterocycles. The van der Waals surface area contributed by atoms with Gasteiger partial charge in [-0.05, 0) is 0 Å². The van der Waals surface area contributed by atoms with Crippen LogP contribution in [0.2, 0.25) is 0 Å². The van der Waals surface area contributed by atoms with Gasteiger partial charge in [-0.25, -0.2) is 0 Å². The fraction of sp³-hybridized carbons (Fsp3) is 0. The average Bonchev–Trinajstić information content (AvgIpc) is 2.84. The van der Waals surface area contributed by atoms with E-state index in [0.717, 1.165) is 5.20 Å². The molecule has 4 rings (SSSR count). The third-order valence-electron chi connectivity index (χ3n) is 5.52. The minimum absolute atomic E-state index is 0.311. The summed E-state index contributed by atoms with van der Waals surface area (Å²) in [5, 5.41) is 5.75. The molecule has 0 aliphatic carbocycles. The molecule has 0 heterocycles. The van der Waals surface area contributed by atoms with Crippen molar-refractivity contribution in [2.24, 2.45) is 5.73 Å². The van der Waals surface area contributed by atoms with E-state index < -0.39 is 17.6 Å². The van der Waals surface area contributed by atoms with Crippen molar-refractivity contribution in [1.82, 2.24) is 0 Å². The third-order valence-corrected chi connectivity index (χ3v) is 12.0. The fourth-order valence-electron chi connectivity index (χ4n) is 4.05. The Bertz CT molecular complexity index is 1070. The quantitative estimate of drug-likeness (QED) is 0.347. The first-order valence-electron chi connectivity index (χ1n) is 10.5. The lowest BCUT2D eigenvalue weighted by atomic mass is 10.4. The second kappa shape index (κ2) is 10.0. The summed E-state index contributed by atoms with van der Waals surface area (Å²) in [6.45, 7) is 0. The van der Waals surface area contributed by atoms with Crippen molar-refractivity contribution in [3.05, 3.63) is 132 Å². The second-order valence-corrected chi connectivity index (χ2v) is 13.0. The Morgan fingerprint density at radius 1 is 0.548 bits per heavy atom. The predicted octanol–water partition coefficient (Wildman–Crippen LogP) is 1.56. The molecule has 4 aromatic carbocycles. The molecule has 0 bridgehead atoms. The molecule has 31 heavy (non-hydrogen) atoms. The molecule has 4 aromatic rings. The van der Waals surface area contributed by atoms with Gasteiger partial charge in [-0.15, -0.1) is 0 Å². The Hall–Kier alpha value is -3.48. The van der Waals surface area contributed by atoms with Gasteiger partial charge in [0.05, 0.1) is 0 Å². The van der Waals surface area contributed by atoms with Gasteiger partial charge in [0, 0.05) is 5.20 Å². The molecule has 0 unspecified atom stereocenters. The van der Waals surface area contributed by atoms with Crippen LogP contribution in [0.4, 0.5) is 0 Å². The van der Waals surface area contributed by atoms with Crippen molar-refractivity contribution in [3.8, 4) is 0 Å². The molecule has 0 aliphatic heterocycles. The standard InChI is InChI=1S/C27H25NOSi2/c28-27(29)26(31(24-17-9-3-10-18-24)25-19-11-4-12-20-25)21-30(22-13-5-1-6-14-22)23-15-7-2-8-16-23/h1-21,30-31H,(H2,28,29). The van der Waals surface area contributed by atoms with Crippen LogP contribution in [0.3, 0.4) is 0 Å². The highest BCUT2D eigenvalue weighted by Crippen LogP contribution is 2.07. The minimum atomic E-state index is -2.01. The molecule has 2 N–H and O–H groups in total. The van der Waals surface area contributed by atoms with Crippen LogP contribution in [0.25, 0.3) is 0 Å². The summed E-state index contributed by atoms with van der Waals surface area (Å²) in [7, 11) is -3.80. The number of primary amides is 1. The Balaban J connectivity index is 1.91. The van der Waals surface area contributed by atoms with Gasteiger partial charge in [-0.2, -0.15) is 0 Å². The summed E-state index contributed by atoms with van der Waals surface area (Å²) in [4.78, 5) is 12.9. The lowest BCUT2D eigenvalue weighted by Gasteiger charge is -2.21. The van der Waals surface area contributed by atoms with Crippen LogP contribution in [-0.2, 0) is 4.79 Å². The van der Waals surface area contributed by atoms with Crippen LogP contribution in [0.1, 0.15) is 0 Å². The van der Waals surface area contributed by atoms with Crippen molar-refractivity contribution in [2.45, 2.75) is 0 Å². The van der Waals surface area contributed by atoms with Crippen LogP contribution in [0.15, 0.2) is 132 Å². The van der Waals surface area contributed by atoms with Crippen LogP contribution in [0, 0.1) is 0 Å². The summed E-state index contributed by atoms with van der Waals surface area (Å²) in [6, 6.07) is 41.7. The van der Waals surface area contributed by atoms with Crippen LogP contribution < -0.4 is 26.5 Å². The second-order valence-electron chi connectivity index (χ2n) is 7.54. The molecule has 0 radical (unpaired) electrons. The first-order valence-corrected chi connectivity index (χ1v) is 14.0. The smallest absolute Gasteiger partial charge is 0.240 e. The van der Waals surface area contributed by atoms with Gasteiger partial charge < -0.3 is 5.73 Å². The fourth-order valence-corrected chi connectivity index (χ4v) is 10.6. The topological polar surface area (TPSA) is 43.1 Å². The SMILES string of the molecule is NC(=O)C(=C[SiH](c1ccccc1)c1ccccc1)[SiH](c1ccccc1)c1ccccc1. The molecule has 152 valence electrons. The van der Waals surface area contributed by atoms with E-state index in [-0.39, 0.29) is 5.91 Å². The van der Waals surface area contributed by atoms with Gasteiger partial charge in [0.1, 0.15) is 17.6 Å². The molecule has 0 aliphatic rings. The maximum atomic E-state index is 12.9. The third kappa shape index (κ3) is 4.99. The summed E-state index contributed by atoms with van der Waals surface area (Å²) in [5.41, 5.74) is 8.31. The molecule has 0 fully saturated rings. The van der Waals surface area contributed by atoms with E-state index >= 15 is 0 Å². The molecule has 4 heteroatoms. The Kier molecular flexibility index (Phi) is 6.72. The minimum Gasteiger partial charge on any atom is -0.366 e. The van der Waals surface area contributed by atoms with Gasteiger partial charge in [0.25, 0.3) is 0 Å². The van der Waals surface area contributed by atoms with E-state index in [1.807, 2.05) is 48.5 Å². The normalized spacial score (nSPS) is 11.6. The van der Waals surface area contributed by atoms with Crippen molar-refractivity contribution < 1.29 is 4.79 Å². The van der Waals surface area contributed by atoms with E-state index in [2.05, 4.69) is 78.5 Å². The van der Waals surface area contributed by atoms with E-state index in [9.17, 15) is 4.79 Å². The van der Waals surface area contributed by atoms with Crippen molar-refractivity contribution in [3.63, 3.8) is 0 Å². The zero-order valence-electron chi connectivity index (χ0n) is 17.3. The number of rotatable bonds is 7. The van der Waals surface area contributed by atoms with Gasteiger partial charge in [0.2, 0.25) is 5.91 Å². The summed E-state index contributed by atoms with van der Waals surface area (Å²) >= 11 is 0. The number of nitrogens with two attached hydrogens (primary N) is 1. The van der Waals surface area contributed by atoms with E-state index in [4.69, 9.17) is 5.73 Å². The molecule has 0 atom stereocenters. The van der Waals surface area contributed by atoms with E-state index in [1.165, 1.54) is 20.7 Å². The predicted molar refractivity (Wildman–Crippen MR) is 136 cm³/mol. The molecule has 0 spiro atoms. The van der Waals surface area contributed by atoms with Crippen molar-refractivity contribution in [2.75, 3.05) is 0 Å². The van der Waals surface area contributed by atoms with Crippen LogP contribution in [-0.4, -0.2) is 23.5 Å².